The van der Waals surface area contributed by atoms with Gasteiger partial charge in [-0.3, -0.25) is 0 Å². The molecule has 1 heterocycles. The summed E-state index contributed by atoms with van der Waals surface area (Å²) < 4.78 is 0. The summed E-state index contributed by atoms with van der Waals surface area (Å²) in [6.45, 7) is 0. The Bertz CT molecular complexity index is 292. The first kappa shape index (κ1) is 6.90. The molecule has 11 heavy (non-hydrogen) atoms. The van der Waals surface area contributed by atoms with E-state index < -0.39 is 0 Å². The van der Waals surface area contributed by atoms with Crippen LogP contribution in [0.2, 0.25) is 0 Å². The summed E-state index contributed by atoms with van der Waals surface area (Å²) in [6.07, 6.45) is 6.75. The van der Waals surface area contributed by atoms with Gasteiger partial charge in [0.25, 0.3) is 0 Å². The molecule has 0 spiro atoms. The predicted molar refractivity (Wildman–Crippen MR) is 32.4 cm³/mol. The number of hydrogen-bond donors (Lipinski definition) is 0. The summed E-state index contributed by atoms with van der Waals surface area (Å²) >= 11 is 0. The summed E-state index contributed by atoms with van der Waals surface area (Å²) in [5, 5.41) is 26.5. The van der Waals surface area contributed by atoms with Crippen molar-refractivity contribution in [2.24, 2.45) is 0 Å². The minimum Gasteiger partial charge on any atom is -0.179 e. The zero-order valence-corrected chi connectivity index (χ0v) is 5.26. The van der Waals surface area contributed by atoms with Crippen molar-refractivity contribution < 1.29 is 0 Å². The van der Waals surface area contributed by atoms with E-state index in [2.05, 4.69) is 21.6 Å². The van der Waals surface area contributed by atoms with Crippen molar-refractivity contribution in [1.29, 1.82) is 10.5 Å². The Morgan fingerprint density at radius 2 is 2.18 bits per heavy atom. The van der Waals surface area contributed by atoms with Crippen LogP contribution >= 0.6 is 0 Å². The molecule has 0 aliphatic rings. The molecule has 0 saturated carbocycles. The average Bonchev–Trinajstić information content (AvgIpc) is 2.09. The molecule has 0 aromatic carbocycles. The van der Waals surface area contributed by atoms with Crippen molar-refractivity contribution in [3.05, 3.63) is 12.4 Å². The van der Waals surface area contributed by atoms with Gasteiger partial charge in [-0.1, -0.05) is 0 Å². The first-order valence-corrected chi connectivity index (χ1v) is 2.54. The average molecular weight is 145 g/mol. The second-order valence-electron chi connectivity index (χ2n) is 1.47. The second-order valence-corrected chi connectivity index (χ2v) is 1.47. The van der Waals surface area contributed by atoms with Gasteiger partial charge >= 0.3 is 0 Å². The molecular formula is C5HN6. The van der Waals surface area contributed by atoms with Crippen LogP contribution in [0.5, 0.6) is 0 Å². The standard InChI is InChI=1S/C5HN6/c6-3-11(4-7)5-1-8-10-9-2-5/h1H. The Kier molecular flexibility index (Phi) is 1.94. The number of aromatic nitrogens is 3. The van der Waals surface area contributed by atoms with Gasteiger partial charge in [-0.15, -0.1) is 10.2 Å². The molecule has 51 valence electrons. The molecule has 0 unspecified atom stereocenters. The van der Waals surface area contributed by atoms with E-state index in [0.717, 1.165) is 4.90 Å². The van der Waals surface area contributed by atoms with E-state index in [0.29, 0.717) is 0 Å². The number of nitriles is 2. The van der Waals surface area contributed by atoms with Crippen molar-refractivity contribution in [2.45, 2.75) is 0 Å². The molecule has 0 bridgehead atoms. The molecule has 1 radical (unpaired) electrons. The van der Waals surface area contributed by atoms with Gasteiger partial charge in [0, 0.05) is 0 Å². The maximum atomic E-state index is 8.34. The molecule has 0 aliphatic heterocycles. The van der Waals surface area contributed by atoms with Crippen LogP contribution in [0.15, 0.2) is 6.20 Å². The molecule has 1 aromatic rings. The van der Waals surface area contributed by atoms with Crippen LogP contribution in [0.1, 0.15) is 0 Å². The second kappa shape index (κ2) is 3.08. The van der Waals surface area contributed by atoms with Crippen molar-refractivity contribution in [3.63, 3.8) is 0 Å². The van der Waals surface area contributed by atoms with Gasteiger partial charge in [-0.2, -0.15) is 15.4 Å². The predicted octanol–water partition coefficient (Wildman–Crippen LogP) is -0.560. The molecule has 0 aliphatic carbocycles. The fraction of sp³-hybridized carbons (Fsp3) is 0. The minimum atomic E-state index is 0.185. The Morgan fingerprint density at radius 3 is 2.64 bits per heavy atom. The third-order valence-electron chi connectivity index (χ3n) is 0.882. The summed E-state index contributed by atoms with van der Waals surface area (Å²) in [4.78, 5) is 0.724. The maximum Gasteiger partial charge on any atom is 0.199 e. The summed E-state index contributed by atoms with van der Waals surface area (Å²) in [5.41, 5.74) is 0.185. The molecule has 0 fully saturated rings. The number of nitrogens with zero attached hydrogens (tertiary/aromatic N) is 6. The highest BCUT2D eigenvalue weighted by Crippen LogP contribution is 2.04. The lowest BCUT2D eigenvalue weighted by atomic mass is 10.5. The lowest BCUT2D eigenvalue weighted by Gasteiger charge is -1.99. The highest BCUT2D eigenvalue weighted by molar-refractivity contribution is 5.49. The Labute approximate surface area is 62.3 Å². The van der Waals surface area contributed by atoms with E-state index in [1.165, 1.54) is 6.20 Å². The highest BCUT2D eigenvalue weighted by Gasteiger charge is 2.03. The largest absolute Gasteiger partial charge is 0.199 e. The van der Waals surface area contributed by atoms with Crippen LogP contribution in [0.25, 0.3) is 0 Å². The van der Waals surface area contributed by atoms with Crippen LogP contribution in [-0.4, -0.2) is 15.4 Å². The van der Waals surface area contributed by atoms with Crippen LogP contribution < -0.4 is 4.90 Å². The quantitative estimate of drug-likeness (QED) is 0.388. The van der Waals surface area contributed by atoms with Crippen molar-refractivity contribution in [3.8, 4) is 12.4 Å². The highest BCUT2D eigenvalue weighted by atomic mass is 15.3. The first-order valence-electron chi connectivity index (χ1n) is 2.54. The van der Waals surface area contributed by atoms with E-state index in [-0.39, 0.29) is 5.69 Å². The normalized spacial score (nSPS) is 7.82. The first-order chi connectivity index (χ1) is 5.38. The molecule has 1 aromatic heterocycles. The summed E-state index contributed by atoms with van der Waals surface area (Å²) in [7, 11) is 0. The monoisotopic (exact) mass is 145 g/mol. The van der Waals surface area contributed by atoms with Gasteiger partial charge in [-0.25, -0.2) is 0 Å². The van der Waals surface area contributed by atoms with Gasteiger partial charge in [-0.05, 0) is 5.21 Å². The van der Waals surface area contributed by atoms with Crippen LogP contribution in [0, 0.1) is 29.1 Å². The Hall–Kier alpha value is -2.21. The van der Waals surface area contributed by atoms with Gasteiger partial charge in [0.05, 0.1) is 6.20 Å². The molecule has 0 saturated heterocycles. The van der Waals surface area contributed by atoms with E-state index in [1.54, 1.807) is 12.4 Å². The van der Waals surface area contributed by atoms with Gasteiger partial charge in [0.1, 0.15) is 11.9 Å². The molecule has 1 rings (SSSR count). The zero-order chi connectivity index (χ0) is 8.10. The molecule has 0 N–H and O–H groups in total. The molecular weight excluding hydrogens is 144 g/mol. The Morgan fingerprint density at radius 1 is 1.45 bits per heavy atom. The number of anilines is 1. The molecule has 0 amide bonds. The fourth-order valence-electron chi connectivity index (χ4n) is 0.447. The minimum absolute atomic E-state index is 0.185. The SMILES string of the molecule is N#CN(C#N)c1[c]nnnc1. The van der Waals surface area contributed by atoms with Crippen LogP contribution in [-0.2, 0) is 0 Å². The third-order valence-corrected chi connectivity index (χ3v) is 0.882. The molecule has 6 heteroatoms. The third kappa shape index (κ3) is 1.37. The molecule has 6 nitrogen and oxygen atoms in total. The maximum absolute atomic E-state index is 8.34. The summed E-state index contributed by atoms with van der Waals surface area (Å²) in [5.74, 6) is 0. The number of rotatable bonds is 1. The van der Waals surface area contributed by atoms with Crippen LogP contribution in [0.4, 0.5) is 5.69 Å². The topological polar surface area (TPSA) is 89.5 Å². The molecule has 0 atom stereocenters. The number of hydrogen-bond acceptors (Lipinski definition) is 6. The lowest BCUT2D eigenvalue weighted by Crippen LogP contribution is -2.08. The van der Waals surface area contributed by atoms with E-state index in [4.69, 9.17) is 10.5 Å². The lowest BCUT2D eigenvalue weighted by molar-refractivity contribution is 0.857. The zero-order valence-electron chi connectivity index (χ0n) is 5.26. The van der Waals surface area contributed by atoms with Gasteiger partial charge < -0.3 is 0 Å². The van der Waals surface area contributed by atoms with E-state index in [9.17, 15) is 0 Å². The van der Waals surface area contributed by atoms with Gasteiger partial charge in [0.2, 0.25) is 0 Å². The van der Waals surface area contributed by atoms with E-state index >= 15 is 0 Å². The van der Waals surface area contributed by atoms with E-state index in [1.807, 2.05) is 0 Å². The van der Waals surface area contributed by atoms with Crippen LogP contribution in [0.3, 0.4) is 0 Å². The van der Waals surface area contributed by atoms with Crippen molar-refractivity contribution >= 4 is 5.69 Å². The van der Waals surface area contributed by atoms with Gasteiger partial charge in [0.15, 0.2) is 12.4 Å². The fourth-order valence-corrected chi connectivity index (χ4v) is 0.447. The van der Waals surface area contributed by atoms with Crippen molar-refractivity contribution in [2.75, 3.05) is 4.90 Å². The summed E-state index contributed by atoms with van der Waals surface area (Å²) in [6, 6.07) is 0. The Balaban J connectivity index is 2.96. The smallest absolute Gasteiger partial charge is 0.179 e. The van der Waals surface area contributed by atoms with Crippen molar-refractivity contribution in [1.82, 2.24) is 15.4 Å².